The van der Waals surface area contributed by atoms with Gasteiger partial charge in [0.05, 0.1) is 0 Å². The summed E-state index contributed by atoms with van der Waals surface area (Å²) >= 11 is 0. The van der Waals surface area contributed by atoms with Gasteiger partial charge in [0.1, 0.15) is 0 Å². The minimum Gasteiger partial charge on any atom is -0.309 e. The van der Waals surface area contributed by atoms with Crippen LogP contribution >= 0.6 is 0 Å². The smallest absolute Gasteiger partial charge is 0.0328 e. The topological polar surface area (TPSA) is 12.0 Å². The highest BCUT2D eigenvalue weighted by Crippen LogP contribution is 2.37. The van der Waals surface area contributed by atoms with Crippen LogP contribution in [0.5, 0.6) is 0 Å². The Kier molecular flexibility index (Phi) is 3.58. The minimum absolute atomic E-state index is 0.557. The summed E-state index contributed by atoms with van der Waals surface area (Å²) in [4.78, 5) is 0. The Balaban J connectivity index is 2.47. The molecule has 0 saturated carbocycles. The number of aryl methyl sites for hydroxylation is 2. The van der Waals surface area contributed by atoms with E-state index in [1.807, 2.05) is 0 Å². The highest BCUT2D eigenvalue weighted by molar-refractivity contribution is 5.45. The molecule has 0 amide bonds. The lowest BCUT2D eigenvalue weighted by molar-refractivity contribution is 0.394. The second-order valence-electron chi connectivity index (χ2n) is 6.02. The molecule has 0 spiro atoms. The van der Waals surface area contributed by atoms with Gasteiger partial charge in [-0.2, -0.15) is 0 Å². The third kappa shape index (κ3) is 2.40. The molecular formula is C16H25N. The summed E-state index contributed by atoms with van der Waals surface area (Å²) in [7, 11) is 0. The van der Waals surface area contributed by atoms with Crippen molar-refractivity contribution in [1.29, 1.82) is 0 Å². The lowest BCUT2D eigenvalue weighted by atomic mass is 9.80. The van der Waals surface area contributed by atoms with E-state index in [1.54, 1.807) is 11.1 Å². The Morgan fingerprint density at radius 1 is 1.18 bits per heavy atom. The molecule has 1 heterocycles. The van der Waals surface area contributed by atoms with Crippen molar-refractivity contribution >= 4 is 0 Å². The maximum atomic E-state index is 3.72. The van der Waals surface area contributed by atoms with Crippen LogP contribution in [0.15, 0.2) is 12.1 Å². The Morgan fingerprint density at radius 2 is 1.76 bits per heavy atom. The van der Waals surface area contributed by atoms with Gasteiger partial charge in [-0.3, -0.25) is 0 Å². The maximum Gasteiger partial charge on any atom is 0.0328 e. The Morgan fingerprint density at radius 3 is 2.35 bits per heavy atom. The first-order valence-electron chi connectivity index (χ1n) is 6.84. The van der Waals surface area contributed by atoms with Crippen molar-refractivity contribution in [2.45, 2.75) is 53.0 Å². The zero-order valence-electron chi connectivity index (χ0n) is 11.8. The zero-order valence-corrected chi connectivity index (χ0v) is 11.8. The fraction of sp³-hybridized carbons (Fsp3) is 0.625. The molecule has 94 valence electrons. The molecule has 1 aromatic rings. The maximum absolute atomic E-state index is 3.72. The summed E-state index contributed by atoms with van der Waals surface area (Å²) in [6, 6.07) is 5.12. The van der Waals surface area contributed by atoms with Crippen LogP contribution in [0.2, 0.25) is 0 Å². The molecule has 1 aliphatic rings. The Labute approximate surface area is 106 Å². The van der Waals surface area contributed by atoms with Crippen LogP contribution in [-0.4, -0.2) is 6.54 Å². The molecule has 1 aliphatic heterocycles. The molecule has 17 heavy (non-hydrogen) atoms. The van der Waals surface area contributed by atoms with E-state index in [2.05, 4.69) is 52.1 Å². The van der Waals surface area contributed by atoms with E-state index in [9.17, 15) is 0 Å². The molecule has 1 aromatic carbocycles. The first-order valence-corrected chi connectivity index (χ1v) is 6.84. The quantitative estimate of drug-likeness (QED) is 0.808. The van der Waals surface area contributed by atoms with Crippen LogP contribution in [0.4, 0.5) is 0 Å². The summed E-state index contributed by atoms with van der Waals surface area (Å²) < 4.78 is 0. The number of benzene rings is 1. The largest absolute Gasteiger partial charge is 0.309 e. The van der Waals surface area contributed by atoms with Gasteiger partial charge in [0.15, 0.2) is 0 Å². The molecule has 0 radical (unpaired) electrons. The standard InChI is InChI=1S/C16H25N/c1-10(2)8-14-16-12(4)7-6-11(3)15(16)13(5)9-17-14/h6-7,10,13-14,17H,8-9H2,1-5H3. The summed E-state index contributed by atoms with van der Waals surface area (Å²) in [5.41, 5.74) is 6.11. The van der Waals surface area contributed by atoms with Crippen molar-refractivity contribution in [3.8, 4) is 0 Å². The predicted octanol–water partition coefficient (Wildman–Crippen LogP) is 4.10. The molecule has 1 nitrogen and oxygen atoms in total. The number of nitrogens with one attached hydrogen (secondary N) is 1. The van der Waals surface area contributed by atoms with Crippen LogP contribution in [0.1, 0.15) is 61.4 Å². The Hall–Kier alpha value is -0.820. The fourth-order valence-corrected chi connectivity index (χ4v) is 3.17. The lowest BCUT2D eigenvalue weighted by Gasteiger charge is -2.34. The highest BCUT2D eigenvalue weighted by Gasteiger charge is 2.27. The molecule has 2 unspecified atom stereocenters. The van der Waals surface area contributed by atoms with E-state index in [-0.39, 0.29) is 0 Å². The molecule has 1 N–H and O–H groups in total. The molecule has 1 heteroatoms. The third-order valence-electron chi connectivity index (χ3n) is 3.94. The van der Waals surface area contributed by atoms with E-state index in [1.165, 1.54) is 17.5 Å². The summed E-state index contributed by atoms with van der Waals surface area (Å²) in [5, 5.41) is 3.72. The molecule has 0 fully saturated rings. The molecule has 2 atom stereocenters. The molecular weight excluding hydrogens is 206 g/mol. The second kappa shape index (κ2) is 4.81. The van der Waals surface area contributed by atoms with Gasteiger partial charge < -0.3 is 5.32 Å². The third-order valence-corrected chi connectivity index (χ3v) is 3.94. The van der Waals surface area contributed by atoms with Gasteiger partial charge >= 0.3 is 0 Å². The second-order valence-corrected chi connectivity index (χ2v) is 6.02. The fourth-order valence-electron chi connectivity index (χ4n) is 3.17. The highest BCUT2D eigenvalue weighted by atomic mass is 14.9. The first kappa shape index (κ1) is 12.6. The van der Waals surface area contributed by atoms with E-state index < -0.39 is 0 Å². The van der Waals surface area contributed by atoms with Gasteiger partial charge in [-0.05, 0) is 54.4 Å². The van der Waals surface area contributed by atoms with Crippen molar-refractivity contribution < 1.29 is 0 Å². The summed E-state index contributed by atoms with van der Waals surface area (Å²) in [5.74, 6) is 1.39. The zero-order chi connectivity index (χ0) is 12.6. The lowest BCUT2D eigenvalue weighted by Crippen LogP contribution is -2.34. The normalized spacial score (nSPS) is 23.9. The van der Waals surface area contributed by atoms with Gasteiger partial charge in [0.25, 0.3) is 0 Å². The number of rotatable bonds is 2. The molecule has 2 rings (SSSR count). The molecule has 0 aromatic heterocycles. The van der Waals surface area contributed by atoms with Gasteiger partial charge in [0.2, 0.25) is 0 Å². The monoisotopic (exact) mass is 231 g/mol. The Bertz CT molecular complexity index is 406. The molecule has 0 bridgehead atoms. The van der Waals surface area contributed by atoms with Gasteiger partial charge in [-0.15, -0.1) is 0 Å². The van der Waals surface area contributed by atoms with E-state index in [4.69, 9.17) is 0 Å². The average molecular weight is 231 g/mol. The van der Waals surface area contributed by atoms with Crippen molar-refractivity contribution in [2.75, 3.05) is 6.54 Å². The van der Waals surface area contributed by atoms with Gasteiger partial charge in [-0.1, -0.05) is 32.9 Å². The molecule has 0 saturated heterocycles. The molecule has 0 aliphatic carbocycles. The van der Waals surface area contributed by atoms with E-state index in [0.29, 0.717) is 12.0 Å². The van der Waals surface area contributed by atoms with Crippen LogP contribution in [0.3, 0.4) is 0 Å². The number of hydrogen-bond donors (Lipinski definition) is 1. The van der Waals surface area contributed by atoms with Crippen LogP contribution in [-0.2, 0) is 0 Å². The average Bonchev–Trinajstić information content (AvgIpc) is 2.25. The van der Waals surface area contributed by atoms with E-state index >= 15 is 0 Å². The van der Waals surface area contributed by atoms with Crippen LogP contribution in [0.25, 0.3) is 0 Å². The number of fused-ring (bicyclic) bond motifs is 1. The van der Waals surface area contributed by atoms with Crippen LogP contribution in [0, 0.1) is 19.8 Å². The van der Waals surface area contributed by atoms with E-state index in [0.717, 1.165) is 12.5 Å². The SMILES string of the molecule is Cc1ccc(C)c2c1C(C)CNC2CC(C)C. The summed E-state index contributed by atoms with van der Waals surface area (Å²) in [6.07, 6.45) is 1.24. The van der Waals surface area contributed by atoms with Crippen molar-refractivity contribution in [3.63, 3.8) is 0 Å². The predicted molar refractivity (Wildman–Crippen MR) is 74.5 cm³/mol. The minimum atomic E-state index is 0.557. The first-order chi connectivity index (χ1) is 8.00. The number of hydrogen-bond acceptors (Lipinski definition) is 1. The van der Waals surface area contributed by atoms with Gasteiger partial charge in [0, 0.05) is 12.6 Å². The van der Waals surface area contributed by atoms with Crippen molar-refractivity contribution in [2.24, 2.45) is 5.92 Å². The van der Waals surface area contributed by atoms with Crippen LogP contribution < -0.4 is 5.32 Å². The van der Waals surface area contributed by atoms with Crippen molar-refractivity contribution in [1.82, 2.24) is 5.32 Å². The summed E-state index contributed by atoms with van der Waals surface area (Å²) in [6.45, 7) is 12.6. The van der Waals surface area contributed by atoms with Gasteiger partial charge in [-0.25, -0.2) is 0 Å². The van der Waals surface area contributed by atoms with Crippen molar-refractivity contribution in [3.05, 3.63) is 34.4 Å².